The lowest BCUT2D eigenvalue weighted by Crippen LogP contribution is -2.49. The van der Waals surface area contributed by atoms with Gasteiger partial charge < -0.3 is 20.0 Å². The lowest BCUT2D eigenvalue weighted by Gasteiger charge is -2.36. The van der Waals surface area contributed by atoms with Crippen LogP contribution in [0.1, 0.15) is 43.0 Å². The summed E-state index contributed by atoms with van der Waals surface area (Å²) in [5, 5.41) is 4.01. The number of amides is 3. The Morgan fingerprint density at radius 2 is 1.87 bits per heavy atom. The van der Waals surface area contributed by atoms with Gasteiger partial charge in [-0.2, -0.15) is 0 Å². The molecule has 38 heavy (non-hydrogen) atoms. The second-order valence-corrected chi connectivity index (χ2v) is 11.6. The highest BCUT2D eigenvalue weighted by molar-refractivity contribution is 7.19. The Morgan fingerprint density at radius 1 is 1.08 bits per heavy atom. The molecule has 1 atom stereocenters. The number of fused-ring (bicyclic) bond motifs is 4. The summed E-state index contributed by atoms with van der Waals surface area (Å²) in [7, 11) is 0. The molecule has 1 aromatic carbocycles. The van der Waals surface area contributed by atoms with Gasteiger partial charge in [0.25, 0.3) is 0 Å². The second kappa shape index (κ2) is 10.3. The average molecular weight is 533 g/mol. The minimum Gasteiger partial charge on any atom is -0.352 e. The van der Waals surface area contributed by atoms with Crippen molar-refractivity contribution in [3.05, 3.63) is 41.0 Å². The van der Waals surface area contributed by atoms with Crippen LogP contribution in [0, 0.1) is 5.92 Å². The van der Waals surface area contributed by atoms with Gasteiger partial charge >= 0.3 is 0 Å². The van der Waals surface area contributed by atoms with E-state index in [0.29, 0.717) is 43.2 Å². The van der Waals surface area contributed by atoms with Crippen molar-refractivity contribution in [3.63, 3.8) is 0 Å². The van der Waals surface area contributed by atoms with E-state index in [1.807, 2.05) is 34.4 Å². The minimum absolute atomic E-state index is 0.00836. The molecular weight excluding hydrogens is 500 g/mol. The van der Waals surface area contributed by atoms with Crippen molar-refractivity contribution < 1.29 is 14.4 Å². The molecule has 1 aliphatic carbocycles. The number of thiophene rings is 1. The zero-order valence-electron chi connectivity index (χ0n) is 21.6. The number of hydrogen-bond donors (Lipinski definition) is 1. The number of nitrogens with one attached hydrogen (secondary N) is 1. The number of benzene rings is 1. The highest BCUT2D eigenvalue weighted by Gasteiger charge is 2.29. The number of anilines is 3. The maximum Gasteiger partial charge on any atom is 0.244 e. The molecule has 2 aromatic heterocycles. The third kappa shape index (κ3) is 4.73. The van der Waals surface area contributed by atoms with Crippen LogP contribution in [0.4, 0.5) is 17.2 Å². The number of rotatable bonds is 5. The second-order valence-electron chi connectivity index (χ2n) is 10.5. The molecule has 198 valence electrons. The van der Waals surface area contributed by atoms with Crippen LogP contribution in [0.3, 0.4) is 0 Å². The maximum atomic E-state index is 12.9. The van der Waals surface area contributed by atoms with Crippen molar-refractivity contribution in [2.24, 2.45) is 5.92 Å². The Balaban J connectivity index is 1.04. The van der Waals surface area contributed by atoms with Crippen molar-refractivity contribution in [1.82, 2.24) is 14.9 Å². The molecule has 0 saturated carbocycles. The lowest BCUT2D eigenvalue weighted by molar-refractivity contribution is -0.131. The monoisotopic (exact) mass is 532 g/mol. The van der Waals surface area contributed by atoms with Gasteiger partial charge in [0.15, 0.2) is 0 Å². The lowest BCUT2D eigenvalue weighted by atomic mass is 9.89. The number of aryl methyl sites for hydroxylation is 1. The molecule has 1 saturated heterocycles. The van der Waals surface area contributed by atoms with E-state index >= 15 is 0 Å². The third-order valence-corrected chi connectivity index (χ3v) is 9.02. The van der Waals surface area contributed by atoms with Crippen LogP contribution in [0.2, 0.25) is 0 Å². The van der Waals surface area contributed by atoms with E-state index in [2.05, 4.69) is 27.1 Å². The maximum absolute atomic E-state index is 12.9. The van der Waals surface area contributed by atoms with Gasteiger partial charge in [-0.1, -0.05) is 19.1 Å². The molecule has 4 heterocycles. The zero-order valence-corrected chi connectivity index (χ0v) is 22.4. The smallest absolute Gasteiger partial charge is 0.244 e. The predicted octanol–water partition coefficient (Wildman–Crippen LogP) is 3.62. The summed E-state index contributed by atoms with van der Waals surface area (Å²) in [5.74, 6) is 1.46. The van der Waals surface area contributed by atoms with Crippen LogP contribution in [0.15, 0.2) is 30.6 Å². The highest BCUT2D eigenvalue weighted by atomic mass is 32.1. The van der Waals surface area contributed by atoms with Gasteiger partial charge in [-0.25, -0.2) is 9.97 Å². The van der Waals surface area contributed by atoms with Crippen LogP contribution in [-0.4, -0.2) is 65.3 Å². The van der Waals surface area contributed by atoms with E-state index in [0.717, 1.165) is 36.6 Å². The first-order chi connectivity index (χ1) is 18.5. The van der Waals surface area contributed by atoms with Crippen molar-refractivity contribution in [2.45, 2.75) is 45.4 Å². The molecule has 2 aliphatic heterocycles. The standard InChI is InChI=1S/C28H32N6O3S/c1-18-9-10-19-22(15-18)38-28-26(19)27(29-17-30-28)33-13-11-32(12-14-33)24(36)7-4-8-25(37)34-16-23(35)31-20-5-2-3-6-21(20)34/h2-3,5-6,17-18H,4,7-16H2,1H3,(H,31,35). The fourth-order valence-corrected chi connectivity index (χ4v) is 7.15. The summed E-state index contributed by atoms with van der Waals surface area (Å²) in [4.78, 5) is 55.3. The minimum atomic E-state index is -0.204. The third-order valence-electron chi connectivity index (χ3n) is 7.86. The van der Waals surface area contributed by atoms with Crippen molar-refractivity contribution in [2.75, 3.05) is 47.8 Å². The molecular formula is C28H32N6O3S. The van der Waals surface area contributed by atoms with Crippen LogP contribution in [-0.2, 0) is 27.2 Å². The van der Waals surface area contributed by atoms with Crippen molar-refractivity contribution in [1.29, 1.82) is 0 Å². The molecule has 1 unspecified atom stereocenters. The quantitative estimate of drug-likeness (QED) is 0.539. The van der Waals surface area contributed by atoms with Gasteiger partial charge in [0.1, 0.15) is 23.5 Å². The fourth-order valence-electron chi connectivity index (χ4n) is 5.81. The summed E-state index contributed by atoms with van der Waals surface area (Å²) in [6, 6.07) is 7.29. The molecule has 6 rings (SSSR count). The topological polar surface area (TPSA) is 98.7 Å². The number of hydrogen-bond acceptors (Lipinski definition) is 7. The Hall–Kier alpha value is -3.53. The Kier molecular flexibility index (Phi) is 6.73. The van der Waals surface area contributed by atoms with Crippen LogP contribution >= 0.6 is 11.3 Å². The molecule has 0 spiro atoms. The summed E-state index contributed by atoms with van der Waals surface area (Å²) < 4.78 is 0. The summed E-state index contributed by atoms with van der Waals surface area (Å²) >= 11 is 1.81. The molecule has 3 aliphatic rings. The molecule has 1 N–H and O–H groups in total. The molecule has 9 nitrogen and oxygen atoms in total. The van der Waals surface area contributed by atoms with Gasteiger partial charge in [0.2, 0.25) is 17.7 Å². The van der Waals surface area contributed by atoms with Gasteiger partial charge in [0, 0.05) is 43.9 Å². The zero-order chi connectivity index (χ0) is 26.2. The van der Waals surface area contributed by atoms with E-state index in [9.17, 15) is 14.4 Å². The molecule has 10 heteroatoms. The summed E-state index contributed by atoms with van der Waals surface area (Å²) in [6.07, 6.45) is 6.09. The predicted molar refractivity (Wildman–Crippen MR) is 149 cm³/mol. The summed E-state index contributed by atoms with van der Waals surface area (Å²) in [5.41, 5.74) is 2.78. The fraction of sp³-hybridized carbons (Fsp3) is 0.464. The van der Waals surface area contributed by atoms with Gasteiger partial charge in [-0.3, -0.25) is 14.4 Å². The Labute approximate surface area is 225 Å². The largest absolute Gasteiger partial charge is 0.352 e. The number of nitrogens with zero attached hydrogens (tertiary/aromatic N) is 5. The molecule has 3 aromatic rings. The normalized spacial score (nSPS) is 19.2. The molecule has 3 amide bonds. The van der Waals surface area contributed by atoms with E-state index < -0.39 is 0 Å². The van der Waals surface area contributed by atoms with E-state index in [1.165, 1.54) is 27.1 Å². The SMILES string of the molecule is CC1CCc2c(sc3ncnc(N4CCN(C(=O)CCCC(=O)N5CC(=O)Nc6ccccc65)CC4)c23)C1. The van der Waals surface area contributed by atoms with Crippen LogP contribution in [0.25, 0.3) is 10.2 Å². The Bertz CT molecular complexity index is 1400. The first kappa shape index (κ1) is 24.8. The van der Waals surface area contributed by atoms with Gasteiger partial charge in [-0.05, 0) is 49.3 Å². The van der Waals surface area contributed by atoms with Gasteiger partial charge in [-0.15, -0.1) is 11.3 Å². The number of aromatic nitrogens is 2. The van der Waals surface area contributed by atoms with Crippen molar-refractivity contribution in [3.8, 4) is 0 Å². The van der Waals surface area contributed by atoms with E-state index in [4.69, 9.17) is 0 Å². The van der Waals surface area contributed by atoms with Crippen LogP contribution in [0.5, 0.6) is 0 Å². The average Bonchev–Trinajstić information content (AvgIpc) is 3.30. The van der Waals surface area contributed by atoms with E-state index in [1.54, 1.807) is 12.4 Å². The van der Waals surface area contributed by atoms with Crippen molar-refractivity contribution >= 4 is 56.5 Å². The number of carbonyl (C=O) groups is 3. The highest BCUT2D eigenvalue weighted by Crippen LogP contribution is 2.40. The first-order valence-electron chi connectivity index (χ1n) is 13.4. The van der Waals surface area contributed by atoms with E-state index in [-0.39, 0.29) is 30.7 Å². The van der Waals surface area contributed by atoms with Crippen LogP contribution < -0.4 is 15.1 Å². The summed E-state index contributed by atoms with van der Waals surface area (Å²) in [6.45, 7) is 5.07. The molecule has 0 bridgehead atoms. The molecule has 0 radical (unpaired) electrons. The number of carbonyl (C=O) groups excluding carboxylic acids is 3. The number of para-hydroxylation sites is 2. The van der Waals surface area contributed by atoms with Gasteiger partial charge in [0.05, 0.1) is 16.8 Å². The molecule has 1 fully saturated rings. The number of piperazine rings is 1. The first-order valence-corrected chi connectivity index (χ1v) is 14.3. The Morgan fingerprint density at radius 3 is 2.71 bits per heavy atom.